The fourth-order valence-corrected chi connectivity index (χ4v) is 7.22. The quantitative estimate of drug-likeness (QED) is 0.0348. The van der Waals surface area contributed by atoms with Gasteiger partial charge in [0.2, 0.25) is 0 Å². The van der Waals surface area contributed by atoms with Crippen molar-refractivity contribution in [1.82, 2.24) is 0 Å². The highest BCUT2D eigenvalue weighted by Crippen LogP contribution is 2.18. The lowest BCUT2D eigenvalue weighted by molar-refractivity contribution is -0.167. The number of hydrogen-bond donors (Lipinski definition) is 0. The number of carbonyl (C=O) groups is 3. The first-order valence-electron chi connectivity index (χ1n) is 24.3. The van der Waals surface area contributed by atoms with Gasteiger partial charge in [-0.25, -0.2) is 0 Å². The maximum Gasteiger partial charge on any atom is 0.306 e. The molecule has 0 aromatic heterocycles. The van der Waals surface area contributed by atoms with E-state index in [4.69, 9.17) is 14.2 Å². The monoisotopic (exact) mass is 779 g/mol. The van der Waals surface area contributed by atoms with Crippen molar-refractivity contribution < 1.29 is 28.6 Å². The Bertz CT molecular complexity index is 843. The Hall–Kier alpha value is -1.59. The van der Waals surface area contributed by atoms with Crippen molar-refractivity contribution in [2.45, 2.75) is 272 Å². The highest BCUT2D eigenvalue weighted by atomic mass is 16.6. The first kappa shape index (κ1) is 53.4. The van der Waals surface area contributed by atoms with Crippen molar-refractivity contribution in [1.29, 1.82) is 0 Å². The third kappa shape index (κ3) is 40.4. The number of carbonyl (C=O) groups excluding carboxylic acids is 3. The molecule has 0 saturated heterocycles. The van der Waals surface area contributed by atoms with Crippen LogP contribution in [0, 0.1) is 11.8 Å². The smallest absolute Gasteiger partial charge is 0.306 e. The van der Waals surface area contributed by atoms with E-state index in [1.165, 1.54) is 154 Å². The normalized spacial score (nSPS) is 13.0. The molecule has 0 saturated carbocycles. The van der Waals surface area contributed by atoms with Crippen LogP contribution in [0.5, 0.6) is 0 Å². The Morgan fingerprint density at radius 1 is 0.364 bits per heavy atom. The van der Waals surface area contributed by atoms with E-state index in [2.05, 4.69) is 34.6 Å². The van der Waals surface area contributed by atoms with Crippen molar-refractivity contribution in [2.75, 3.05) is 13.2 Å². The summed E-state index contributed by atoms with van der Waals surface area (Å²) in [6.07, 6.45) is 40.9. The minimum absolute atomic E-state index is 0.0650. The van der Waals surface area contributed by atoms with E-state index in [1.807, 2.05) is 0 Å². The molecule has 0 rings (SSSR count). The third-order valence-corrected chi connectivity index (χ3v) is 11.7. The van der Waals surface area contributed by atoms with Crippen molar-refractivity contribution in [3.8, 4) is 0 Å². The van der Waals surface area contributed by atoms with Crippen LogP contribution in [0.25, 0.3) is 0 Å². The van der Waals surface area contributed by atoms with Crippen molar-refractivity contribution in [3.05, 3.63) is 0 Å². The largest absolute Gasteiger partial charge is 0.462 e. The number of esters is 3. The maximum absolute atomic E-state index is 12.7. The number of hydrogen-bond acceptors (Lipinski definition) is 6. The molecule has 0 aliphatic heterocycles. The summed E-state index contributed by atoms with van der Waals surface area (Å²) in [6, 6.07) is 0. The minimum atomic E-state index is -0.760. The lowest BCUT2D eigenvalue weighted by atomic mass is 9.99. The fourth-order valence-electron chi connectivity index (χ4n) is 7.22. The molecule has 2 unspecified atom stereocenters. The molecule has 0 heterocycles. The molecule has 0 aliphatic rings. The molecule has 0 aromatic carbocycles. The third-order valence-electron chi connectivity index (χ3n) is 11.7. The Morgan fingerprint density at radius 3 is 0.945 bits per heavy atom. The Balaban J connectivity index is 4.23. The van der Waals surface area contributed by atoms with Gasteiger partial charge in [-0.3, -0.25) is 14.4 Å². The predicted molar refractivity (Wildman–Crippen MR) is 233 cm³/mol. The summed E-state index contributed by atoms with van der Waals surface area (Å²) in [5.41, 5.74) is 0. The standard InChI is InChI=1S/C49H94O6/c1-6-9-10-11-12-19-24-31-36-41-49(52)55-46(43-54-48(51)40-35-30-26-25-28-33-38-45(5)8-3)42-53-47(50)39-34-29-23-21-18-16-14-13-15-17-20-22-27-32-37-44(4)7-2/h44-46H,6-43H2,1-5H3/t44?,45?,46-/m1/s1. The van der Waals surface area contributed by atoms with Crippen LogP contribution in [0.4, 0.5) is 0 Å². The van der Waals surface area contributed by atoms with E-state index in [0.29, 0.717) is 19.3 Å². The zero-order chi connectivity index (χ0) is 40.5. The number of unbranched alkanes of at least 4 members (excludes halogenated alkanes) is 26. The molecule has 0 N–H and O–H groups in total. The summed E-state index contributed by atoms with van der Waals surface area (Å²) in [4.78, 5) is 37.7. The number of ether oxygens (including phenoxy) is 3. The van der Waals surface area contributed by atoms with Gasteiger partial charge in [-0.1, -0.05) is 227 Å². The lowest BCUT2D eigenvalue weighted by Crippen LogP contribution is -2.30. The Kier molecular flexibility index (Phi) is 40.8. The number of rotatable bonds is 43. The average molecular weight is 779 g/mol. The van der Waals surface area contributed by atoms with Gasteiger partial charge in [0.1, 0.15) is 13.2 Å². The summed E-state index contributed by atoms with van der Waals surface area (Å²) in [5.74, 6) is 0.852. The van der Waals surface area contributed by atoms with Gasteiger partial charge in [0, 0.05) is 19.3 Å². The average Bonchev–Trinajstić information content (AvgIpc) is 3.18. The summed E-state index contributed by atoms with van der Waals surface area (Å²) < 4.78 is 16.7. The SMILES string of the molecule is CCCCCCCCCCCC(=O)O[C@H](COC(=O)CCCCCCCCCCCCCCCCC(C)CC)COC(=O)CCCCCCCCC(C)CC. The molecule has 6 nitrogen and oxygen atoms in total. The topological polar surface area (TPSA) is 78.9 Å². The van der Waals surface area contributed by atoms with E-state index in [1.54, 1.807) is 0 Å². The second-order valence-electron chi connectivity index (χ2n) is 17.2. The summed E-state index contributed by atoms with van der Waals surface area (Å²) in [5, 5.41) is 0. The molecule has 0 spiro atoms. The van der Waals surface area contributed by atoms with Crippen molar-refractivity contribution >= 4 is 17.9 Å². The van der Waals surface area contributed by atoms with Crippen LogP contribution in [-0.4, -0.2) is 37.2 Å². The van der Waals surface area contributed by atoms with Crippen LogP contribution in [0.2, 0.25) is 0 Å². The van der Waals surface area contributed by atoms with Crippen LogP contribution in [0.1, 0.15) is 266 Å². The highest BCUT2D eigenvalue weighted by molar-refractivity contribution is 5.71. The molecule has 0 fully saturated rings. The molecule has 326 valence electrons. The van der Waals surface area contributed by atoms with Crippen LogP contribution >= 0.6 is 0 Å². The molecular formula is C49H94O6. The van der Waals surface area contributed by atoms with E-state index in [9.17, 15) is 14.4 Å². The van der Waals surface area contributed by atoms with Crippen molar-refractivity contribution in [3.63, 3.8) is 0 Å². The summed E-state index contributed by atoms with van der Waals surface area (Å²) in [7, 11) is 0. The Morgan fingerprint density at radius 2 is 0.636 bits per heavy atom. The second-order valence-corrected chi connectivity index (χ2v) is 17.2. The predicted octanol–water partition coefficient (Wildman–Crippen LogP) is 15.4. The molecule has 0 bridgehead atoms. The van der Waals surface area contributed by atoms with Crippen LogP contribution < -0.4 is 0 Å². The van der Waals surface area contributed by atoms with E-state index in [-0.39, 0.29) is 31.1 Å². The van der Waals surface area contributed by atoms with Crippen LogP contribution in [0.3, 0.4) is 0 Å². The van der Waals surface area contributed by atoms with E-state index >= 15 is 0 Å². The van der Waals surface area contributed by atoms with Gasteiger partial charge in [-0.2, -0.15) is 0 Å². The van der Waals surface area contributed by atoms with Gasteiger partial charge < -0.3 is 14.2 Å². The molecule has 0 amide bonds. The molecule has 3 atom stereocenters. The zero-order valence-electron chi connectivity index (χ0n) is 37.6. The van der Waals surface area contributed by atoms with Crippen molar-refractivity contribution in [2.24, 2.45) is 11.8 Å². The first-order chi connectivity index (χ1) is 26.8. The second kappa shape index (κ2) is 42.0. The van der Waals surface area contributed by atoms with Gasteiger partial charge in [0.25, 0.3) is 0 Å². The van der Waals surface area contributed by atoms with E-state index in [0.717, 1.165) is 69.6 Å². The first-order valence-corrected chi connectivity index (χ1v) is 24.3. The van der Waals surface area contributed by atoms with Gasteiger partial charge in [0.05, 0.1) is 0 Å². The molecule has 0 aromatic rings. The molecule has 0 radical (unpaired) electrons. The van der Waals surface area contributed by atoms with Crippen LogP contribution in [-0.2, 0) is 28.6 Å². The maximum atomic E-state index is 12.7. The summed E-state index contributed by atoms with van der Waals surface area (Å²) >= 11 is 0. The molecular weight excluding hydrogens is 685 g/mol. The van der Waals surface area contributed by atoms with Gasteiger partial charge in [-0.05, 0) is 31.1 Å². The van der Waals surface area contributed by atoms with Gasteiger partial charge in [-0.15, -0.1) is 0 Å². The van der Waals surface area contributed by atoms with Gasteiger partial charge >= 0.3 is 17.9 Å². The minimum Gasteiger partial charge on any atom is -0.462 e. The van der Waals surface area contributed by atoms with E-state index < -0.39 is 6.10 Å². The Labute approximate surface area is 342 Å². The fraction of sp³-hybridized carbons (Fsp3) is 0.939. The van der Waals surface area contributed by atoms with Gasteiger partial charge in [0.15, 0.2) is 6.10 Å². The van der Waals surface area contributed by atoms with Crippen LogP contribution in [0.15, 0.2) is 0 Å². The zero-order valence-corrected chi connectivity index (χ0v) is 37.6. The highest BCUT2D eigenvalue weighted by Gasteiger charge is 2.19. The molecule has 6 heteroatoms. The lowest BCUT2D eigenvalue weighted by Gasteiger charge is -2.18. The molecule has 55 heavy (non-hydrogen) atoms. The molecule has 0 aliphatic carbocycles. The summed E-state index contributed by atoms with van der Waals surface area (Å²) in [6.45, 7) is 11.4.